The van der Waals surface area contributed by atoms with Crippen molar-refractivity contribution in [3.8, 4) is 0 Å². The van der Waals surface area contributed by atoms with Gasteiger partial charge < -0.3 is 0 Å². The van der Waals surface area contributed by atoms with Crippen LogP contribution in [-0.4, -0.2) is 8.42 Å². The van der Waals surface area contributed by atoms with Crippen LogP contribution >= 0.6 is 22.9 Å². The summed E-state index contributed by atoms with van der Waals surface area (Å²) in [4.78, 5) is 0.348. The molecule has 6 heteroatoms. The van der Waals surface area contributed by atoms with Crippen LogP contribution in [0.5, 0.6) is 0 Å². The predicted molar refractivity (Wildman–Crippen MR) is 60.6 cm³/mol. The van der Waals surface area contributed by atoms with E-state index >= 15 is 0 Å². The molecule has 0 fully saturated rings. The number of halogens is 2. The fourth-order valence-corrected chi connectivity index (χ4v) is 3.80. The molecule has 2 rings (SSSR count). The Morgan fingerprint density at radius 2 is 2.00 bits per heavy atom. The molecule has 0 bridgehead atoms. The molecule has 0 atom stereocenters. The van der Waals surface area contributed by atoms with Gasteiger partial charge in [0.15, 0.2) is 0 Å². The van der Waals surface area contributed by atoms with E-state index in [-0.39, 0.29) is 0 Å². The molecule has 0 saturated heterocycles. The molecule has 2 aromatic rings. The smallest absolute Gasteiger partial charge is 0.194 e. The first-order chi connectivity index (χ1) is 6.97. The summed E-state index contributed by atoms with van der Waals surface area (Å²) in [5, 5.41) is 1.10. The third-order valence-electron chi connectivity index (χ3n) is 1.90. The largest absolute Gasteiger partial charge is 0.307 e. The van der Waals surface area contributed by atoms with Gasteiger partial charge in [0.1, 0.15) is 5.75 Å². The lowest BCUT2D eigenvalue weighted by Gasteiger charge is -1.92. The van der Waals surface area contributed by atoms with E-state index in [4.69, 9.17) is 11.6 Å². The minimum Gasteiger partial charge on any atom is -0.194 e. The molecular weight excluding hydrogens is 259 g/mol. The van der Waals surface area contributed by atoms with E-state index in [1.165, 1.54) is 11.3 Å². The summed E-state index contributed by atoms with van der Waals surface area (Å²) in [6, 6.07) is 7.22. The predicted octanol–water partition coefficient (Wildman–Crippen LogP) is 3.35. The summed E-state index contributed by atoms with van der Waals surface area (Å²) in [6.07, 6.45) is 0. The number of rotatable bonds is 2. The zero-order chi connectivity index (χ0) is 11.1. The lowest BCUT2D eigenvalue weighted by atomic mass is 10.2. The maximum atomic E-state index is 12.5. The average Bonchev–Trinajstić information content (AvgIpc) is 2.42. The quantitative estimate of drug-likeness (QED) is 0.780. The highest BCUT2D eigenvalue weighted by Gasteiger charge is 2.16. The summed E-state index contributed by atoms with van der Waals surface area (Å²) < 4.78 is 34.4. The minimum absolute atomic E-state index is 0.330. The molecule has 0 saturated carbocycles. The molecule has 80 valence electrons. The molecule has 1 aromatic heterocycles. The van der Waals surface area contributed by atoms with E-state index in [2.05, 4.69) is 0 Å². The first-order valence-corrected chi connectivity index (χ1v) is 6.80. The van der Waals surface area contributed by atoms with E-state index in [0.29, 0.717) is 9.90 Å². The second-order valence-electron chi connectivity index (χ2n) is 3.02. The Hall–Kier alpha value is -0.650. The molecule has 2 nitrogen and oxygen atoms in total. The molecule has 0 aliphatic carbocycles. The van der Waals surface area contributed by atoms with Crippen molar-refractivity contribution in [2.45, 2.75) is 5.75 Å². The summed E-state index contributed by atoms with van der Waals surface area (Å²) in [7, 11) is -4.52. The molecule has 1 heterocycles. The minimum atomic E-state index is -4.52. The average molecular weight is 265 g/mol. The topological polar surface area (TPSA) is 34.1 Å². The summed E-state index contributed by atoms with van der Waals surface area (Å²) in [6.45, 7) is 0. The van der Waals surface area contributed by atoms with Crippen LogP contribution in [0.2, 0.25) is 5.02 Å². The van der Waals surface area contributed by atoms with E-state index in [1.807, 2.05) is 12.1 Å². The zero-order valence-electron chi connectivity index (χ0n) is 7.41. The van der Waals surface area contributed by atoms with Gasteiger partial charge in [0, 0.05) is 15.0 Å². The number of thiophene rings is 1. The van der Waals surface area contributed by atoms with Gasteiger partial charge in [-0.05, 0) is 6.07 Å². The molecule has 0 unspecified atom stereocenters. The Morgan fingerprint density at radius 1 is 1.33 bits per heavy atom. The van der Waals surface area contributed by atoms with Crippen LogP contribution in [0.4, 0.5) is 3.89 Å². The van der Waals surface area contributed by atoms with E-state index in [9.17, 15) is 12.3 Å². The van der Waals surface area contributed by atoms with Crippen LogP contribution in [0.1, 0.15) is 4.88 Å². The van der Waals surface area contributed by atoms with Gasteiger partial charge in [-0.15, -0.1) is 15.2 Å². The van der Waals surface area contributed by atoms with Crippen molar-refractivity contribution in [2.24, 2.45) is 0 Å². The first-order valence-electron chi connectivity index (χ1n) is 4.05. The van der Waals surface area contributed by atoms with Crippen LogP contribution in [0.15, 0.2) is 24.3 Å². The van der Waals surface area contributed by atoms with Gasteiger partial charge in [-0.1, -0.05) is 29.8 Å². The molecule has 0 aliphatic rings. The van der Waals surface area contributed by atoms with Crippen molar-refractivity contribution in [1.29, 1.82) is 0 Å². The highest BCUT2D eigenvalue weighted by Crippen LogP contribution is 2.36. The van der Waals surface area contributed by atoms with Gasteiger partial charge in [-0.25, -0.2) is 0 Å². The summed E-state index contributed by atoms with van der Waals surface area (Å²) >= 11 is 7.14. The molecule has 0 N–H and O–H groups in total. The molecule has 0 spiro atoms. The Kier molecular flexibility index (Phi) is 2.70. The van der Waals surface area contributed by atoms with Gasteiger partial charge in [-0.3, -0.25) is 0 Å². The Morgan fingerprint density at radius 3 is 2.60 bits per heavy atom. The highest BCUT2D eigenvalue weighted by molar-refractivity contribution is 7.85. The van der Waals surface area contributed by atoms with Gasteiger partial charge in [0.05, 0.1) is 5.02 Å². The Labute approximate surface area is 95.5 Å². The van der Waals surface area contributed by atoms with Crippen LogP contribution in [-0.2, 0) is 16.0 Å². The van der Waals surface area contributed by atoms with Crippen LogP contribution in [0.3, 0.4) is 0 Å². The van der Waals surface area contributed by atoms with Gasteiger partial charge in [-0.2, -0.15) is 8.42 Å². The zero-order valence-corrected chi connectivity index (χ0v) is 9.79. The molecule has 0 radical (unpaired) electrons. The lowest BCUT2D eigenvalue weighted by Crippen LogP contribution is -1.93. The van der Waals surface area contributed by atoms with Crippen molar-refractivity contribution in [3.05, 3.63) is 34.2 Å². The second kappa shape index (κ2) is 3.73. The molecule has 0 amide bonds. The summed E-state index contributed by atoms with van der Waals surface area (Å²) in [5.74, 6) is -0.648. The molecule has 15 heavy (non-hydrogen) atoms. The number of fused-ring (bicyclic) bond motifs is 1. The van der Waals surface area contributed by atoms with Crippen molar-refractivity contribution >= 4 is 43.2 Å². The van der Waals surface area contributed by atoms with Gasteiger partial charge in [0.25, 0.3) is 0 Å². The highest BCUT2D eigenvalue weighted by atomic mass is 35.5. The first kappa shape index (κ1) is 10.9. The fourth-order valence-electron chi connectivity index (χ4n) is 1.31. The van der Waals surface area contributed by atoms with Gasteiger partial charge >= 0.3 is 10.2 Å². The lowest BCUT2D eigenvalue weighted by molar-refractivity contribution is 0.551. The van der Waals surface area contributed by atoms with Crippen molar-refractivity contribution in [2.75, 3.05) is 0 Å². The van der Waals surface area contributed by atoms with Crippen molar-refractivity contribution < 1.29 is 12.3 Å². The Balaban J connectivity index is 2.58. The normalized spacial score (nSPS) is 12.1. The van der Waals surface area contributed by atoms with Crippen LogP contribution in [0, 0.1) is 0 Å². The standard InChI is InChI=1S/C9H6ClFO2S2/c10-9-6-3-1-2-4-7(6)14-8(9)5-15(11,12)13/h1-4H,5H2. The maximum absolute atomic E-state index is 12.5. The molecule has 1 aromatic carbocycles. The van der Waals surface area contributed by atoms with E-state index in [1.54, 1.807) is 12.1 Å². The third kappa shape index (κ3) is 2.30. The SMILES string of the molecule is O=S(=O)(F)Cc1sc2ccccc2c1Cl. The Bertz CT molecular complexity index is 604. The fraction of sp³-hybridized carbons (Fsp3) is 0.111. The maximum Gasteiger partial charge on any atom is 0.307 e. The van der Waals surface area contributed by atoms with Crippen LogP contribution in [0.25, 0.3) is 10.1 Å². The molecule has 0 aliphatic heterocycles. The summed E-state index contributed by atoms with van der Waals surface area (Å²) in [5.41, 5.74) is 0. The monoisotopic (exact) mass is 264 g/mol. The van der Waals surface area contributed by atoms with Crippen molar-refractivity contribution in [1.82, 2.24) is 0 Å². The number of hydrogen-bond donors (Lipinski definition) is 0. The second-order valence-corrected chi connectivity index (χ2v) is 5.90. The van der Waals surface area contributed by atoms with Gasteiger partial charge in [0.2, 0.25) is 0 Å². The van der Waals surface area contributed by atoms with E-state index < -0.39 is 16.0 Å². The third-order valence-corrected chi connectivity index (χ3v) is 4.44. The van der Waals surface area contributed by atoms with E-state index in [0.717, 1.165) is 10.1 Å². The van der Waals surface area contributed by atoms with Crippen molar-refractivity contribution in [3.63, 3.8) is 0 Å². The number of benzene rings is 1. The van der Waals surface area contributed by atoms with Crippen LogP contribution < -0.4 is 0 Å². The number of hydrogen-bond acceptors (Lipinski definition) is 3. The molecular formula is C9H6ClFO2S2.